The number of hydrogen-bond donors (Lipinski definition) is 1. The second-order valence-corrected chi connectivity index (χ2v) is 6.92. The zero-order valence-corrected chi connectivity index (χ0v) is 17.0. The summed E-state index contributed by atoms with van der Waals surface area (Å²) in [6.07, 6.45) is 3.13. The van der Waals surface area contributed by atoms with Gasteiger partial charge in [-0.3, -0.25) is 4.98 Å². The molecule has 3 rings (SSSR count). The smallest absolute Gasteiger partial charge is 0.162 e. The van der Waals surface area contributed by atoms with E-state index in [9.17, 15) is 5.11 Å². The standard InChI is InChI=1S/C21H20Cl2N2O3/c1-27-20-8-7-15(9-21(20)28-2)25(12-14-5-3-4-6-19(14)26)13-16-17(22)10-24-11-18(16)23/h3-11,26H,12-13H2,1-2H3. The van der Waals surface area contributed by atoms with E-state index in [2.05, 4.69) is 4.98 Å². The monoisotopic (exact) mass is 418 g/mol. The van der Waals surface area contributed by atoms with Crippen molar-refractivity contribution < 1.29 is 14.6 Å². The summed E-state index contributed by atoms with van der Waals surface area (Å²) in [6.45, 7) is 0.862. The number of phenols is 1. The second-order valence-electron chi connectivity index (χ2n) is 6.11. The third-order valence-corrected chi connectivity index (χ3v) is 5.04. The quantitative estimate of drug-likeness (QED) is 0.562. The van der Waals surface area contributed by atoms with E-state index in [1.165, 1.54) is 0 Å². The lowest BCUT2D eigenvalue weighted by Crippen LogP contribution is -2.22. The number of benzene rings is 2. The predicted octanol–water partition coefficient (Wildman–Crippen LogP) is 5.32. The fourth-order valence-electron chi connectivity index (χ4n) is 2.89. The molecular weight excluding hydrogens is 399 g/mol. The van der Waals surface area contributed by atoms with E-state index in [0.717, 1.165) is 16.8 Å². The van der Waals surface area contributed by atoms with Gasteiger partial charge in [0.1, 0.15) is 5.75 Å². The summed E-state index contributed by atoms with van der Waals surface area (Å²) in [5.74, 6) is 1.46. The first-order chi connectivity index (χ1) is 13.5. The highest BCUT2D eigenvalue weighted by Gasteiger charge is 2.17. The van der Waals surface area contributed by atoms with Gasteiger partial charge in [-0.25, -0.2) is 0 Å². The van der Waals surface area contributed by atoms with Crippen LogP contribution in [0.15, 0.2) is 54.9 Å². The number of halogens is 2. The summed E-state index contributed by atoms with van der Waals surface area (Å²) in [7, 11) is 3.18. The molecule has 0 fully saturated rings. The molecule has 0 amide bonds. The fraction of sp³-hybridized carbons (Fsp3) is 0.190. The largest absolute Gasteiger partial charge is 0.508 e. The molecule has 0 bridgehead atoms. The van der Waals surface area contributed by atoms with Crippen LogP contribution in [-0.4, -0.2) is 24.3 Å². The number of hydrogen-bond acceptors (Lipinski definition) is 5. The molecule has 3 aromatic rings. The molecule has 0 saturated carbocycles. The van der Waals surface area contributed by atoms with Gasteiger partial charge in [0.05, 0.1) is 24.3 Å². The second kappa shape index (κ2) is 9.04. The Hall–Kier alpha value is -2.63. The van der Waals surface area contributed by atoms with Gasteiger partial charge < -0.3 is 19.5 Å². The molecule has 0 unspecified atom stereocenters. The maximum absolute atomic E-state index is 10.2. The lowest BCUT2D eigenvalue weighted by molar-refractivity contribution is 0.355. The van der Waals surface area contributed by atoms with Crippen LogP contribution in [0.4, 0.5) is 5.69 Å². The van der Waals surface area contributed by atoms with Gasteiger partial charge >= 0.3 is 0 Å². The molecule has 2 aromatic carbocycles. The zero-order chi connectivity index (χ0) is 20.1. The van der Waals surface area contributed by atoms with Crippen molar-refractivity contribution in [3.05, 3.63) is 76.0 Å². The molecule has 1 heterocycles. The maximum atomic E-state index is 10.2. The summed E-state index contributed by atoms with van der Waals surface area (Å²) >= 11 is 12.7. The first-order valence-corrected chi connectivity index (χ1v) is 9.30. The summed E-state index contributed by atoms with van der Waals surface area (Å²) in [5, 5.41) is 11.2. The summed E-state index contributed by atoms with van der Waals surface area (Å²) in [4.78, 5) is 6.06. The van der Waals surface area contributed by atoms with Gasteiger partial charge in [0.15, 0.2) is 11.5 Å². The molecular formula is C21H20Cl2N2O3. The van der Waals surface area contributed by atoms with Crippen molar-refractivity contribution in [2.75, 3.05) is 19.1 Å². The van der Waals surface area contributed by atoms with Crippen LogP contribution >= 0.6 is 23.2 Å². The van der Waals surface area contributed by atoms with Crippen LogP contribution in [0.1, 0.15) is 11.1 Å². The number of ether oxygens (including phenoxy) is 2. The molecule has 7 heteroatoms. The van der Waals surface area contributed by atoms with E-state index in [-0.39, 0.29) is 5.75 Å². The van der Waals surface area contributed by atoms with Crippen molar-refractivity contribution in [1.82, 2.24) is 4.98 Å². The molecule has 0 aliphatic carbocycles. The van der Waals surface area contributed by atoms with Gasteiger partial charge in [0, 0.05) is 48.4 Å². The minimum absolute atomic E-state index is 0.222. The van der Waals surface area contributed by atoms with Crippen molar-refractivity contribution in [2.45, 2.75) is 13.1 Å². The Morgan fingerprint density at radius 3 is 2.25 bits per heavy atom. The van der Waals surface area contributed by atoms with E-state index >= 15 is 0 Å². The summed E-state index contributed by atoms with van der Waals surface area (Å²) in [6, 6.07) is 12.8. The van der Waals surface area contributed by atoms with Gasteiger partial charge in [-0.05, 0) is 18.2 Å². The first-order valence-electron chi connectivity index (χ1n) is 8.55. The van der Waals surface area contributed by atoms with E-state index in [1.54, 1.807) is 38.7 Å². The third-order valence-electron chi connectivity index (χ3n) is 4.39. The number of nitrogens with zero attached hydrogens (tertiary/aromatic N) is 2. The van der Waals surface area contributed by atoms with Crippen molar-refractivity contribution in [2.24, 2.45) is 0 Å². The van der Waals surface area contributed by atoms with E-state index in [1.807, 2.05) is 35.2 Å². The maximum Gasteiger partial charge on any atom is 0.162 e. The lowest BCUT2D eigenvalue weighted by Gasteiger charge is -2.27. The molecule has 5 nitrogen and oxygen atoms in total. The topological polar surface area (TPSA) is 54.8 Å². The van der Waals surface area contributed by atoms with Crippen LogP contribution in [0.5, 0.6) is 17.2 Å². The number of aromatic nitrogens is 1. The molecule has 1 aromatic heterocycles. The predicted molar refractivity (Wildman–Crippen MR) is 112 cm³/mol. The van der Waals surface area contributed by atoms with Crippen LogP contribution in [0, 0.1) is 0 Å². The molecule has 0 radical (unpaired) electrons. The number of aromatic hydroxyl groups is 1. The molecule has 0 spiro atoms. The molecule has 0 aliphatic heterocycles. The Bertz CT molecular complexity index is 946. The molecule has 146 valence electrons. The number of pyridine rings is 1. The van der Waals surface area contributed by atoms with Gasteiger partial charge in [-0.15, -0.1) is 0 Å². The Labute approximate surface area is 174 Å². The minimum Gasteiger partial charge on any atom is -0.508 e. The summed E-state index contributed by atoms with van der Waals surface area (Å²) < 4.78 is 10.8. The Balaban J connectivity index is 2.03. The number of rotatable bonds is 7. The number of anilines is 1. The highest BCUT2D eigenvalue weighted by atomic mass is 35.5. The van der Waals surface area contributed by atoms with Crippen molar-refractivity contribution in [3.63, 3.8) is 0 Å². The Morgan fingerprint density at radius 1 is 0.929 bits per heavy atom. The average Bonchev–Trinajstić information content (AvgIpc) is 2.71. The lowest BCUT2D eigenvalue weighted by atomic mass is 10.1. The van der Waals surface area contributed by atoms with E-state index < -0.39 is 0 Å². The van der Waals surface area contributed by atoms with E-state index in [0.29, 0.717) is 34.6 Å². The van der Waals surface area contributed by atoms with Gasteiger partial charge in [-0.2, -0.15) is 0 Å². The molecule has 0 atom stereocenters. The third kappa shape index (κ3) is 4.43. The molecule has 0 aliphatic rings. The van der Waals surface area contributed by atoms with Crippen LogP contribution in [0.25, 0.3) is 0 Å². The van der Waals surface area contributed by atoms with Crippen LogP contribution in [-0.2, 0) is 13.1 Å². The molecule has 28 heavy (non-hydrogen) atoms. The van der Waals surface area contributed by atoms with E-state index in [4.69, 9.17) is 32.7 Å². The SMILES string of the molecule is COc1ccc(N(Cc2ccccc2O)Cc2c(Cl)cncc2Cl)cc1OC. The normalized spacial score (nSPS) is 10.6. The average molecular weight is 419 g/mol. The van der Waals surface area contributed by atoms with Crippen LogP contribution < -0.4 is 14.4 Å². The van der Waals surface area contributed by atoms with Crippen molar-refractivity contribution in [3.8, 4) is 17.2 Å². The fourth-order valence-corrected chi connectivity index (χ4v) is 3.37. The van der Waals surface area contributed by atoms with Crippen LogP contribution in [0.3, 0.4) is 0 Å². The highest BCUT2D eigenvalue weighted by Crippen LogP contribution is 2.35. The Morgan fingerprint density at radius 2 is 1.61 bits per heavy atom. The van der Waals surface area contributed by atoms with Gasteiger partial charge in [-0.1, -0.05) is 41.4 Å². The highest BCUT2D eigenvalue weighted by molar-refractivity contribution is 6.35. The van der Waals surface area contributed by atoms with Crippen LogP contribution in [0.2, 0.25) is 10.0 Å². The molecule has 1 N–H and O–H groups in total. The first kappa shape index (κ1) is 20.1. The molecule has 0 saturated heterocycles. The minimum atomic E-state index is 0.222. The summed E-state index contributed by atoms with van der Waals surface area (Å²) in [5.41, 5.74) is 2.40. The number of methoxy groups -OCH3 is 2. The van der Waals surface area contributed by atoms with Gasteiger partial charge in [0.2, 0.25) is 0 Å². The van der Waals surface area contributed by atoms with Crippen molar-refractivity contribution >= 4 is 28.9 Å². The van der Waals surface area contributed by atoms with Gasteiger partial charge in [0.25, 0.3) is 0 Å². The number of phenolic OH excluding ortho intramolecular Hbond substituents is 1. The number of para-hydroxylation sites is 1. The Kier molecular flexibility index (Phi) is 6.49. The zero-order valence-electron chi connectivity index (χ0n) is 15.5. The van der Waals surface area contributed by atoms with Crippen molar-refractivity contribution in [1.29, 1.82) is 0 Å².